The minimum atomic E-state index is -2.74. The van der Waals surface area contributed by atoms with Gasteiger partial charge in [-0.2, -0.15) is 5.26 Å². The van der Waals surface area contributed by atoms with E-state index in [2.05, 4.69) is 54.2 Å². The molecule has 5 rings (SSSR count). The minimum absolute atomic E-state index is 0.0707. The van der Waals surface area contributed by atoms with Crippen molar-refractivity contribution in [2.45, 2.75) is 49.5 Å². The van der Waals surface area contributed by atoms with E-state index >= 15 is 0 Å². The number of aliphatic hydroxyl groups is 1. The maximum Gasteiger partial charge on any atom is 0.336 e. The number of fused-ring (bicyclic) bond motifs is 1. The van der Waals surface area contributed by atoms with Crippen LogP contribution in [0.4, 0.5) is 5.69 Å². The highest BCUT2D eigenvalue weighted by molar-refractivity contribution is 6.42. The first-order valence-electron chi connectivity index (χ1n) is 18.0. The summed E-state index contributed by atoms with van der Waals surface area (Å²) in [6.45, 7) is 3.54. The number of para-hydroxylation sites is 1. The van der Waals surface area contributed by atoms with E-state index in [1.807, 2.05) is 55.6 Å². The topological polar surface area (TPSA) is 183 Å². The van der Waals surface area contributed by atoms with Crippen LogP contribution < -0.4 is 4.90 Å². The molecule has 1 saturated heterocycles. The van der Waals surface area contributed by atoms with Gasteiger partial charge < -0.3 is 35.1 Å². The molecule has 1 aliphatic heterocycles. The van der Waals surface area contributed by atoms with Crippen molar-refractivity contribution in [2.75, 3.05) is 52.2 Å². The Morgan fingerprint density at radius 3 is 2.09 bits per heavy atom. The fourth-order valence-corrected chi connectivity index (χ4v) is 7.37. The van der Waals surface area contributed by atoms with Gasteiger partial charge >= 0.3 is 17.9 Å². The summed E-state index contributed by atoms with van der Waals surface area (Å²) in [6.07, 6.45) is 0.850. The van der Waals surface area contributed by atoms with Gasteiger partial charge in [0.2, 0.25) is 0 Å². The molecule has 0 bridgehead atoms. The Bertz CT molecular complexity index is 2080. The zero-order valence-corrected chi connectivity index (χ0v) is 33.0. The smallest absolute Gasteiger partial charge is 0.336 e. The fourth-order valence-electron chi connectivity index (χ4n) is 7.06. The summed E-state index contributed by atoms with van der Waals surface area (Å²) in [4.78, 5) is 50.8. The Hall–Kier alpha value is -5.19. The maximum atomic E-state index is 13.8. The van der Waals surface area contributed by atoms with Crippen molar-refractivity contribution in [1.82, 2.24) is 9.80 Å². The summed E-state index contributed by atoms with van der Waals surface area (Å²) in [5.74, 6) is -4.49. The number of anilines is 1. The number of rotatable bonds is 14. The van der Waals surface area contributed by atoms with Crippen molar-refractivity contribution in [3.05, 3.63) is 111 Å². The standard InChI is InChI=1S/C36H38Cl2N4O.C6H8O7/c1-40(2)35-11-7-6-10-31(35)26-14-17-42(18-15-26)19-16-29(27-12-13-33(37)34(38)22-27)24-41(3)36(43)32-21-25(23-39)20-28-8-4-5-9-30(28)32;7-3(8)1-6(13,5(11)12)2-4(9)10/h4-13,20-22,26,29H,14-19,24H2,1-3H3;13H,1-2H2,(H,7,8)(H,9,10)(H,11,12). The average Bonchev–Trinajstić information content (AvgIpc) is 3.16. The number of nitrogens with zero attached hydrogens (tertiary/aromatic N) is 4. The van der Waals surface area contributed by atoms with Crippen LogP contribution in [0, 0.1) is 11.3 Å². The lowest BCUT2D eigenvalue weighted by atomic mass is 9.87. The normalized spacial score (nSPS) is 13.9. The number of carboxylic acid groups (broad SMARTS) is 3. The molecule has 1 unspecified atom stereocenters. The number of likely N-dealkylation sites (N-methyl/N-ethyl adjacent to an activating group) is 1. The zero-order valence-electron chi connectivity index (χ0n) is 31.5. The van der Waals surface area contributed by atoms with Gasteiger partial charge in [-0.25, -0.2) is 4.79 Å². The summed E-state index contributed by atoms with van der Waals surface area (Å²) in [5.41, 5.74) is 2.10. The van der Waals surface area contributed by atoms with Crippen molar-refractivity contribution in [3.63, 3.8) is 0 Å². The van der Waals surface area contributed by atoms with Gasteiger partial charge in [0.15, 0.2) is 5.60 Å². The molecule has 4 aromatic rings. The van der Waals surface area contributed by atoms with Gasteiger partial charge in [0, 0.05) is 44.9 Å². The Labute approximate surface area is 336 Å². The molecule has 14 heteroatoms. The molecule has 4 aromatic carbocycles. The Kier molecular flexibility index (Phi) is 15.2. The van der Waals surface area contributed by atoms with Gasteiger partial charge in [-0.1, -0.05) is 71.7 Å². The predicted molar refractivity (Wildman–Crippen MR) is 216 cm³/mol. The largest absolute Gasteiger partial charge is 0.481 e. The number of likely N-dealkylation sites (tertiary alicyclic amines) is 1. The minimum Gasteiger partial charge on any atom is -0.481 e. The monoisotopic (exact) mass is 804 g/mol. The quantitative estimate of drug-likeness (QED) is 0.103. The molecule has 1 fully saturated rings. The Balaban J connectivity index is 0.000000460. The van der Waals surface area contributed by atoms with Crippen molar-refractivity contribution in [1.29, 1.82) is 5.26 Å². The predicted octanol–water partition coefficient (Wildman–Crippen LogP) is 6.96. The summed E-state index contributed by atoms with van der Waals surface area (Å²) < 4.78 is 0. The number of carbonyl (C=O) groups is 4. The van der Waals surface area contributed by atoms with Crippen LogP contribution in [0.1, 0.15) is 71.0 Å². The van der Waals surface area contributed by atoms with E-state index in [1.54, 1.807) is 11.0 Å². The van der Waals surface area contributed by atoms with E-state index in [-0.39, 0.29) is 11.8 Å². The molecule has 296 valence electrons. The van der Waals surface area contributed by atoms with Crippen LogP contribution in [0.5, 0.6) is 0 Å². The van der Waals surface area contributed by atoms with Crippen LogP contribution >= 0.6 is 23.2 Å². The molecule has 4 N–H and O–H groups in total. The fraction of sp³-hybridized carbons (Fsp3) is 0.357. The summed E-state index contributed by atoms with van der Waals surface area (Å²) in [7, 11) is 6.07. The number of carboxylic acids is 3. The highest BCUT2D eigenvalue weighted by atomic mass is 35.5. The second kappa shape index (κ2) is 19.6. The molecule has 0 aliphatic carbocycles. The first-order chi connectivity index (χ1) is 26.5. The molecule has 0 radical (unpaired) electrons. The van der Waals surface area contributed by atoms with Crippen LogP contribution in [0.25, 0.3) is 10.8 Å². The molecule has 1 amide bonds. The molecule has 1 heterocycles. The third-order valence-electron chi connectivity index (χ3n) is 10.0. The van der Waals surface area contributed by atoms with Crippen LogP contribution in [0.3, 0.4) is 0 Å². The zero-order chi connectivity index (χ0) is 41.2. The molecular weight excluding hydrogens is 759 g/mol. The van der Waals surface area contributed by atoms with E-state index in [4.69, 9.17) is 43.6 Å². The highest BCUT2D eigenvalue weighted by Gasteiger charge is 2.40. The number of benzene rings is 4. The van der Waals surface area contributed by atoms with Crippen molar-refractivity contribution < 1.29 is 39.6 Å². The second-order valence-corrected chi connectivity index (χ2v) is 15.1. The Morgan fingerprint density at radius 1 is 0.875 bits per heavy atom. The second-order valence-electron chi connectivity index (χ2n) is 14.2. The lowest BCUT2D eigenvalue weighted by Gasteiger charge is -2.35. The van der Waals surface area contributed by atoms with E-state index in [1.165, 1.54) is 11.3 Å². The van der Waals surface area contributed by atoms with E-state index < -0.39 is 36.4 Å². The number of hydrogen-bond acceptors (Lipinski definition) is 8. The Morgan fingerprint density at radius 2 is 1.50 bits per heavy atom. The summed E-state index contributed by atoms with van der Waals surface area (Å²) in [6, 6.07) is 28.0. The molecular formula is C42H46Cl2N4O8. The first-order valence-corrected chi connectivity index (χ1v) is 18.8. The van der Waals surface area contributed by atoms with Crippen LogP contribution in [-0.2, 0) is 14.4 Å². The molecule has 0 spiro atoms. The van der Waals surface area contributed by atoms with E-state index in [0.29, 0.717) is 33.6 Å². The summed E-state index contributed by atoms with van der Waals surface area (Å²) in [5, 5.41) is 46.2. The number of amides is 1. The van der Waals surface area contributed by atoms with Crippen LogP contribution in [0.2, 0.25) is 10.0 Å². The van der Waals surface area contributed by atoms with Crippen LogP contribution in [-0.4, -0.2) is 107 Å². The van der Waals surface area contributed by atoms with Gasteiger partial charge in [-0.15, -0.1) is 0 Å². The highest BCUT2D eigenvalue weighted by Crippen LogP contribution is 2.35. The number of piperidine rings is 1. The number of nitriles is 1. The van der Waals surface area contributed by atoms with E-state index in [9.17, 15) is 24.4 Å². The molecule has 1 atom stereocenters. The van der Waals surface area contributed by atoms with Gasteiger partial charge in [0.25, 0.3) is 5.91 Å². The lowest BCUT2D eigenvalue weighted by molar-refractivity contribution is -0.170. The first kappa shape index (κ1) is 43.5. The molecule has 56 heavy (non-hydrogen) atoms. The molecule has 0 aromatic heterocycles. The summed E-state index contributed by atoms with van der Waals surface area (Å²) >= 11 is 12.7. The third-order valence-corrected chi connectivity index (χ3v) is 10.7. The SMILES string of the molecule is CN(CC(CCN1CCC(c2ccccc2N(C)C)CC1)c1ccc(Cl)c(Cl)c1)C(=O)c1cc(C#N)cc2ccccc12.O=C(O)CC(O)(CC(=O)O)C(=O)O. The molecule has 0 saturated carbocycles. The van der Waals surface area contributed by atoms with Gasteiger partial charge in [-0.3, -0.25) is 14.4 Å². The van der Waals surface area contributed by atoms with Crippen molar-refractivity contribution in [3.8, 4) is 6.07 Å². The maximum absolute atomic E-state index is 13.8. The lowest BCUT2D eigenvalue weighted by Crippen LogP contribution is -2.42. The van der Waals surface area contributed by atoms with Crippen LogP contribution in [0.15, 0.2) is 78.9 Å². The third kappa shape index (κ3) is 11.4. The van der Waals surface area contributed by atoms with Gasteiger partial charge in [-0.05, 0) is 97.0 Å². The number of carbonyl (C=O) groups excluding carboxylic acids is 1. The van der Waals surface area contributed by atoms with E-state index in [0.717, 1.165) is 55.2 Å². The average molecular weight is 806 g/mol. The number of hydrogen-bond donors (Lipinski definition) is 4. The van der Waals surface area contributed by atoms with Gasteiger partial charge in [0.1, 0.15) is 0 Å². The van der Waals surface area contributed by atoms with Crippen molar-refractivity contribution in [2.24, 2.45) is 0 Å². The van der Waals surface area contributed by atoms with Crippen molar-refractivity contribution >= 4 is 63.5 Å². The number of halogens is 2. The molecule has 12 nitrogen and oxygen atoms in total. The number of aliphatic carboxylic acids is 3. The molecule has 1 aliphatic rings. The van der Waals surface area contributed by atoms with Gasteiger partial charge in [0.05, 0.1) is 34.5 Å².